The predicted octanol–water partition coefficient (Wildman–Crippen LogP) is 4.32. The second-order valence-corrected chi connectivity index (χ2v) is 6.22. The maximum absolute atomic E-state index is 12.2. The van der Waals surface area contributed by atoms with Crippen molar-refractivity contribution in [3.63, 3.8) is 0 Å². The van der Waals surface area contributed by atoms with Crippen LogP contribution in [0.25, 0.3) is 0 Å². The van der Waals surface area contributed by atoms with Crippen LogP contribution in [-0.4, -0.2) is 24.6 Å². The molecule has 5 nitrogen and oxygen atoms in total. The van der Waals surface area contributed by atoms with Gasteiger partial charge >= 0.3 is 12.1 Å². The van der Waals surface area contributed by atoms with Crippen molar-refractivity contribution in [3.05, 3.63) is 59.1 Å². The van der Waals surface area contributed by atoms with Crippen molar-refractivity contribution in [2.75, 3.05) is 11.9 Å². The van der Waals surface area contributed by atoms with Crippen molar-refractivity contribution in [2.45, 2.75) is 25.6 Å². The van der Waals surface area contributed by atoms with Crippen LogP contribution in [0.15, 0.2) is 48.5 Å². The van der Waals surface area contributed by atoms with Crippen LogP contribution in [-0.2, 0) is 16.1 Å². The number of amides is 2. The van der Waals surface area contributed by atoms with Gasteiger partial charge in [-0.05, 0) is 36.2 Å². The number of para-hydroxylation sites is 1. The van der Waals surface area contributed by atoms with Crippen molar-refractivity contribution in [1.29, 1.82) is 0 Å². The highest BCUT2D eigenvalue weighted by Crippen LogP contribution is 2.23. The van der Waals surface area contributed by atoms with Crippen LogP contribution in [0.2, 0.25) is 5.02 Å². The van der Waals surface area contributed by atoms with Crippen molar-refractivity contribution >= 4 is 29.1 Å². The zero-order chi connectivity index (χ0) is 20.6. The number of benzene rings is 2. The molecular formula is C19H18ClF3N2O3. The summed E-state index contributed by atoms with van der Waals surface area (Å²) >= 11 is 5.96. The number of alkyl halides is 3. The van der Waals surface area contributed by atoms with Crippen molar-refractivity contribution < 1.29 is 27.5 Å². The lowest BCUT2D eigenvalue weighted by Crippen LogP contribution is -2.29. The van der Waals surface area contributed by atoms with Crippen molar-refractivity contribution in [1.82, 2.24) is 5.32 Å². The van der Waals surface area contributed by atoms with E-state index in [0.717, 1.165) is 0 Å². The summed E-state index contributed by atoms with van der Waals surface area (Å²) in [6, 6.07) is 12.8. The van der Waals surface area contributed by atoms with E-state index in [1.807, 2.05) is 0 Å². The lowest BCUT2D eigenvalue weighted by molar-refractivity contribution is -0.167. The first-order valence-electron chi connectivity index (χ1n) is 8.37. The van der Waals surface area contributed by atoms with Crippen LogP contribution in [0, 0.1) is 0 Å². The Morgan fingerprint density at radius 2 is 1.71 bits per heavy atom. The molecule has 2 aromatic rings. The Morgan fingerprint density at radius 3 is 2.36 bits per heavy atom. The summed E-state index contributed by atoms with van der Waals surface area (Å²) in [4.78, 5) is 22.7. The molecule has 0 aliphatic rings. The summed E-state index contributed by atoms with van der Waals surface area (Å²) in [7, 11) is 0. The first-order chi connectivity index (χ1) is 13.3. The van der Waals surface area contributed by atoms with Crippen LogP contribution in [0.3, 0.4) is 0 Å². The first-order valence-corrected chi connectivity index (χ1v) is 8.74. The quantitative estimate of drug-likeness (QED) is 0.632. The Kier molecular flexibility index (Phi) is 7.69. The normalized spacial score (nSPS) is 11.0. The van der Waals surface area contributed by atoms with E-state index in [-0.39, 0.29) is 24.6 Å². The largest absolute Gasteiger partial charge is 0.492 e. The minimum atomic E-state index is -4.94. The highest BCUT2D eigenvalue weighted by molar-refractivity contribution is 6.32. The average molecular weight is 415 g/mol. The fourth-order valence-corrected chi connectivity index (χ4v) is 2.36. The van der Waals surface area contributed by atoms with Crippen LogP contribution in [0.4, 0.5) is 18.9 Å². The monoisotopic (exact) mass is 414 g/mol. The summed E-state index contributed by atoms with van der Waals surface area (Å²) in [5.41, 5.74) is 0.708. The molecule has 0 fully saturated rings. The zero-order valence-corrected chi connectivity index (χ0v) is 15.4. The summed E-state index contributed by atoms with van der Waals surface area (Å²) in [6.45, 7) is 0.558. The van der Waals surface area contributed by atoms with Gasteiger partial charge in [0.1, 0.15) is 5.75 Å². The van der Waals surface area contributed by atoms with Crippen LogP contribution in [0.5, 0.6) is 5.75 Å². The molecule has 0 spiro atoms. The summed E-state index contributed by atoms with van der Waals surface area (Å²) in [5.74, 6) is -1.66. The van der Waals surface area contributed by atoms with Gasteiger partial charge in [-0.15, -0.1) is 0 Å². The van der Waals surface area contributed by atoms with Gasteiger partial charge in [0, 0.05) is 18.7 Å². The lowest BCUT2D eigenvalue weighted by atomic mass is 10.2. The molecule has 2 amide bonds. The SMILES string of the molecule is O=C(CCCOc1ccccc1Cl)NCc1ccc(NC(=O)C(F)(F)F)cc1. The highest BCUT2D eigenvalue weighted by atomic mass is 35.5. The topological polar surface area (TPSA) is 67.4 Å². The molecule has 0 atom stereocenters. The van der Waals surface area contributed by atoms with Gasteiger partial charge in [0.05, 0.1) is 11.6 Å². The van der Waals surface area contributed by atoms with Gasteiger partial charge in [-0.25, -0.2) is 0 Å². The summed E-state index contributed by atoms with van der Waals surface area (Å²) < 4.78 is 42.1. The molecule has 0 aliphatic heterocycles. The van der Waals surface area contributed by atoms with Gasteiger partial charge in [-0.3, -0.25) is 9.59 Å². The van der Waals surface area contributed by atoms with E-state index in [4.69, 9.17) is 16.3 Å². The molecule has 0 bridgehead atoms. The maximum Gasteiger partial charge on any atom is 0.471 e. The molecule has 0 aliphatic carbocycles. The molecule has 28 heavy (non-hydrogen) atoms. The van der Waals surface area contributed by atoms with Gasteiger partial charge in [0.25, 0.3) is 0 Å². The minimum Gasteiger partial charge on any atom is -0.492 e. The van der Waals surface area contributed by atoms with E-state index in [2.05, 4.69) is 5.32 Å². The summed E-state index contributed by atoms with van der Waals surface area (Å²) in [5, 5.41) is 4.96. The smallest absolute Gasteiger partial charge is 0.471 e. The molecule has 0 aromatic heterocycles. The third kappa shape index (κ3) is 7.11. The molecule has 2 rings (SSSR count). The number of hydrogen-bond donors (Lipinski definition) is 2. The highest BCUT2D eigenvalue weighted by Gasteiger charge is 2.38. The van der Waals surface area contributed by atoms with E-state index in [1.165, 1.54) is 24.3 Å². The summed E-state index contributed by atoms with van der Waals surface area (Å²) in [6.07, 6.45) is -4.19. The minimum absolute atomic E-state index is 0.0223. The first kappa shape index (κ1) is 21.6. The number of carbonyl (C=O) groups excluding carboxylic acids is 2. The number of hydrogen-bond acceptors (Lipinski definition) is 3. The van der Waals surface area contributed by atoms with Gasteiger partial charge < -0.3 is 15.4 Å². The fourth-order valence-electron chi connectivity index (χ4n) is 2.17. The van der Waals surface area contributed by atoms with Gasteiger partial charge in [0.2, 0.25) is 5.91 Å². The van der Waals surface area contributed by atoms with Gasteiger partial charge in [-0.2, -0.15) is 13.2 Å². The molecule has 0 saturated heterocycles. The Morgan fingerprint density at radius 1 is 1.04 bits per heavy atom. The molecule has 0 saturated carbocycles. The van der Waals surface area contributed by atoms with E-state index in [1.54, 1.807) is 29.6 Å². The van der Waals surface area contributed by atoms with E-state index < -0.39 is 12.1 Å². The van der Waals surface area contributed by atoms with Crippen molar-refractivity contribution in [2.24, 2.45) is 0 Å². The number of nitrogens with one attached hydrogen (secondary N) is 2. The number of rotatable bonds is 8. The Labute approximate surface area is 164 Å². The van der Waals surface area contributed by atoms with E-state index in [0.29, 0.717) is 29.4 Å². The van der Waals surface area contributed by atoms with Gasteiger partial charge in [0.15, 0.2) is 0 Å². The van der Waals surface area contributed by atoms with E-state index in [9.17, 15) is 22.8 Å². The Bertz CT molecular complexity index is 811. The lowest BCUT2D eigenvalue weighted by Gasteiger charge is -2.10. The molecule has 0 heterocycles. The number of ether oxygens (including phenoxy) is 1. The molecule has 0 radical (unpaired) electrons. The average Bonchev–Trinajstić information content (AvgIpc) is 2.65. The van der Waals surface area contributed by atoms with Crippen LogP contribution < -0.4 is 15.4 Å². The van der Waals surface area contributed by atoms with Crippen LogP contribution in [0.1, 0.15) is 18.4 Å². The third-order valence-corrected chi connectivity index (χ3v) is 3.91. The van der Waals surface area contributed by atoms with E-state index >= 15 is 0 Å². The molecule has 2 aromatic carbocycles. The number of anilines is 1. The molecule has 0 unspecified atom stereocenters. The zero-order valence-electron chi connectivity index (χ0n) is 14.7. The number of halogens is 4. The number of carbonyl (C=O) groups is 2. The Balaban J connectivity index is 1.68. The molecule has 9 heteroatoms. The molecular weight excluding hydrogens is 397 g/mol. The maximum atomic E-state index is 12.2. The molecule has 2 N–H and O–H groups in total. The van der Waals surface area contributed by atoms with Crippen molar-refractivity contribution in [3.8, 4) is 5.75 Å². The Hall–Kier alpha value is -2.74. The van der Waals surface area contributed by atoms with Crippen LogP contribution >= 0.6 is 11.6 Å². The standard InChI is InChI=1S/C19H18ClF3N2O3/c20-15-4-1-2-5-16(15)28-11-3-6-17(26)24-12-13-7-9-14(10-8-13)25-18(27)19(21,22)23/h1-2,4-5,7-10H,3,6,11-12H2,(H,24,26)(H,25,27). The molecule has 150 valence electrons. The van der Waals surface area contributed by atoms with Gasteiger partial charge in [-0.1, -0.05) is 35.9 Å². The predicted molar refractivity (Wildman–Crippen MR) is 99.2 cm³/mol. The fraction of sp³-hybridized carbons (Fsp3) is 0.263. The second kappa shape index (κ2) is 9.98. The third-order valence-electron chi connectivity index (χ3n) is 3.60. The second-order valence-electron chi connectivity index (χ2n) is 5.81.